The van der Waals surface area contributed by atoms with Crippen molar-refractivity contribution in [3.63, 3.8) is 0 Å². The third-order valence-corrected chi connectivity index (χ3v) is 4.07. The Labute approximate surface area is 127 Å². The summed E-state index contributed by atoms with van der Waals surface area (Å²) in [4.78, 5) is 8.76. The van der Waals surface area contributed by atoms with Crippen molar-refractivity contribution in [1.82, 2.24) is 9.97 Å². The third kappa shape index (κ3) is 2.86. The van der Waals surface area contributed by atoms with Crippen LogP contribution in [0, 0.1) is 18.3 Å². The second kappa shape index (κ2) is 5.90. The molecule has 2 heterocycles. The van der Waals surface area contributed by atoms with E-state index in [1.807, 2.05) is 31.2 Å². The predicted octanol–water partition coefficient (Wildman–Crippen LogP) is 3.53. The highest BCUT2D eigenvalue weighted by atomic mass is 32.1. The quantitative estimate of drug-likeness (QED) is 0.799. The van der Waals surface area contributed by atoms with Gasteiger partial charge in [0.15, 0.2) is 0 Å². The van der Waals surface area contributed by atoms with Gasteiger partial charge < -0.3 is 5.32 Å². The number of benzene rings is 1. The number of para-hydroxylation sites is 1. The van der Waals surface area contributed by atoms with Crippen LogP contribution in [-0.2, 0) is 6.42 Å². The van der Waals surface area contributed by atoms with Gasteiger partial charge in [-0.05, 0) is 13.0 Å². The van der Waals surface area contributed by atoms with Gasteiger partial charge in [0.05, 0.1) is 27.5 Å². The van der Waals surface area contributed by atoms with E-state index in [2.05, 4.69) is 26.7 Å². The molecular weight excluding hydrogens is 280 g/mol. The zero-order valence-electron chi connectivity index (χ0n) is 11.6. The number of nitrogens with one attached hydrogen (secondary N) is 1. The molecule has 0 aliphatic rings. The first-order chi connectivity index (χ1) is 10.3. The first kappa shape index (κ1) is 13.5. The lowest BCUT2D eigenvalue weighted by Crippen LogP contribution is -2.07. The highest BCUT2D eigenvalue weighted by Gasteiger charge is 2.08. The Hall–Kier alpha value is -2.45. The van der Waals surface area contributed by atoms with Gasteiger partial charge in [0.25, 0.3) is 0 Å². The summed E-state index contributed by atoms with van der Waals surface area (Å²) in [7, 11) is 0. The van der Waals surface area contributed by atoms with Crippen molar-refractivity contribution in [2.24, 2.45) is 0 Å². The predicted molar refractivity (Wildman–Crippen MR) is 85.5 cm³/mol. The molecule has 0 fully saturated rings. The van der Waals surface area contributed by atoms with Crippen LogP contribution in [0.1, 0.15) is 16.3 Å². The maximum absolute atomic E-state index is 9.26. The Balaban J connectivity index is 1.84. The topological polar surface area (TPSA) is 61.6 Å². The summed E-state index contributed by atoms with van der Waals surface area (Å²) in [6.07, 6.45) is 2.46. The van der Waals surface area contributed by atoms with Crippen LogP contribution >= 0.6 is 11.3 Å². The van der Waals surface area contributed by atoms with E-state index in [9.17, 15) is 5.26 Å². The zero-order valence-corrected chi connectivity index (χ0v) is 12.4. The summed E-state index contributed by atoms with van der Waals surface area (Å²) in [6.45, 7) is 2.75. The fourth-order valence-electron chi connectivity index (χ4n) is 2.26. The molecule has 0 spiro atoms. The minimum absolute atomic E-state index is 0.572. The molecule has 21 heavy (non-hydrogen) atoms. The molecule has 0 saturated heterocycles. The Morgan fingerprint density at radius 2 is 2.19 bits per heavy atom. The van der Waals surface area contributed by atoms with Gasteiger partial charge in [-0.1, -0.05) is 18.2 Å². The normalized spacial score (nSPS) is 10.5. The van der Waals surface area contributed by atoms with Gasteiger partial charge in [-0.2, -0.15) is 5.26 Å². The van der Waals surface area contributed by atoms with E-state index in [1.165, 1.54) is 0 Å². The number of thiazole rings is 1. The van der Waals surface area contributed by atoms with E-state index in [1.54, 1.807) is 17.5 Å². The average Bonchev–Trinajstić information content (AvgIpc) is 2.93. The molecule has 5 heteroatoms. The fraction of sp³-hybridized carbons (Fsp3) is 0.188. The number of nitriles is 1. The molecule has 1 N–H and O–H groups in total. The molecule has 0 amide bonds. The first-order valence-electron chi connectivity index (χ1n) is 6.70. The zero-order chi connectivity index (χ0) is 14.7. The summed E-state index contributed by atoms with van der Waals surface area (Å²) >= 11 is 1.66. The Morgan fingerprint density at radius 3 is 2.95 bits per heavy atom. The third-order valence-electron chi connectivity index (χ3n) is 3.25. The first-order valence-corrected chi connectivity index (χ1v) is 7.58. The molecule has 0 radical (unpaired) electrons. The summed E-state index contributed by atoms with van der Waals surface area (Å²) in [6, 6.07) is 10.0. The van der Waals surface area contributed by atoms with Crippen molar-refractivity contribution in [2.75, 3.05) is 11.9 Å². The molecular formula is C16H14N4S. The molecule has 104 valence electrons. The number of aromatic nitrogens is 2. The smallest absolute Gasteiger partial charge is 0.103 e. The number of hydrogen-bond donors (Lipinski definition) is 1. The van der Waals surface area contributed by atoms with Crippen LogP contribution in [0.15, 0.2) is 35.8 Å². The molecule has 1 aromatic carbocycles. The van der Waals surface area contributed by atoms with Crippen molar-refractivity contribution in [2.45, 2.75) is 13.3 Å². The van der Waals surface area contributed by atoms with Gasteiger partial charge in [-0.3, -0.25) is 4.98 Å². The van der Waals surface area contributed by atoms with E-state index in [0.717, 1.165) is 40.3 Å². The molecule has 2 aromatic heterocycles. The number of nitrogens with zero attached hydrogens (tertiary/aromatic N) is 3. The number of pyridine rings is 1. The summed E-state index contributed by atoms with van der Waals surface area (Å²) in [5.74, 6) is 0. The number of hydrogen-bond acceptors (Lipinski definition) is 5. The maximum Gasteiger partial charge on any atom is 0.103 e. The second-order valence-electron chi connectivity index (χ2n) is 4.71. The average molecular weight is 294 g/mol. The Bertz CT molecular complexity index is 817. The summed E-state index contributed by atoms with van der Waals surface area (Å²) < 4.78 is 0. The van der Waals surface area contributed by atoms with Gasteiger partial charge in [0.2, 0.25) is 0 Å². The van der Waals surface area contributed by atoms with Crippen LogP contribution in [0.2, 0.25) is 0 Å². The van der Waals surface area contributed by atoms with E-state index < -0.39 is 0 Å². The second-order valence-corrected chi connectivity index (χ2v) is 5.77. The van der Waals surface area contributed by atoms with Crippen molar-refractivity contribution in [3.8, 4) is 6.07 Å². The van der Waals surface area contributed by atoms with Crippen LogP contribution in [0.5, 0.6) is 0 Å². The van der Waals surface area contributed by atoms with Crippen molar-refractivity contribution >= 4 is 27.9 Å². The van der Waals surface area contributed by atoms with E-state index in [4.69, 9.17) is 0 Å². The van der Waals surface area contributed by atoms with Crippen molar-refractivity contribution in [3.05, 3.63) is 52.1 Å². The number of rotatable bonds is 4. The molecule has 3 rings (SSSR count). The molecule has 0 bridgehead atoms. The highest BCUT2D eigenvalue weighted by Crippen LogP contribution is 2.25. The lowest BCUT2D eigenvalue weighted by molar-refractivity contribution is 0.969. The number of anilines is 1. The van der Waals surface area contributed by atoms with Crippen molar-refractivity contribution in [1.29, 1.82) is 5.26 Å². The molecule has 0 aliphatic heterocycles. The molecule has 3 aromatic rings. The monoisotopic (exact) mass is 294 g/mol. The molecule has 4 nitrogen and oxygen atoms in total. The van der Waals surface area contributed by atoms with Crippen molar-refractivity contribution < 1.29 is 0 Å². The lowest BCUT2D eigenvalue weighted by Gasteiger charge is -2.10. The fourth-order valence-corrected chi connectivity index (χ4v) is 2.90. The van der Waals surface area contributed by atoms with Crippen LogP contribution in [0.4, 0.5) is 5.69 Å². The standard InChI is InChI=1S/C16H14N4S/c1-11-20-13(10-21-11)6-7-18-16-12(8-17)9-19-15-5-3-2-4-14(15)16/h2-5,9-10H,6-7H2,1H3,(H,18,19). The van der Waals surface area contributed by atoms with Gasteiger partial charge in [0, 0.05) is 29.9 Å². The minimum Gasteiger partial charge on any atom is -0.383 e. The van der Waals surface area contributed by atoms with Gasteiger partial charge >= 0.3 is 0 Å². The number of aryl methyl sites for hydroxylation is 1. The Morgan fingerprint density at radius 1 is 1.33 bits per heavy atom. The van der Waals surface area contributed by atoms with Gasteiger partial charge in [-0.25, -0.2) is 4.98 Å². The minimum atomic E-state index is 0.572. The maximum atomic E-state index is 9.26. The Kier molecular flexibility index (Phi) is 3.80. The van der Waals surface area contributed by atoms with Crippen LogP contribution in [-0.4, -0.2) is 16.5 Å². The van der Waals surface area contributed by atoms with E-state index in [0.29, 0.717) is 5.56 Å². The van der Waals surface area contributed by atoms with Crippen LogP contribution < -0.4 is 5.32 Å². The van der Waals surface area contributed by atoms with Crippen LogP contribution in [0.25, 0.3) is 10.9 Å². The SMILES string of the molecule is Cc1nc(CCNc2c(C#N)cnc3ccccc23)cs1. The largest absolute Gasteiger partial charge is 0.383 e. The number of fused-ring (bicyclic) bond motifs is 1. The van der Waals surface area contributed by atoms with E-state index in [-0.39, 0.29) is 0 Å². The molecule has 0 atom stereocenters. The molecule has 0 unspecified atom stereocenters. The molecule has 0 saturated carbocycles. The summed E-state index contributed by atoms with van der Waals surface area (Å²) in [5, 5.41) is 16.8. The highest BCUT2D eigenvalue weighted by molar-refractivity contribution is 7.09. The van der Waals surface area contributed by atoms with E-state index >= 15 is 0 Å². The van der Waals surface area contributed by atoms with Gasteiger partial charge in [0.1, 0.15) is 6.07 Å². The van der Waals surface area contributed by atoms with Gasteiger partial charge in [-0.15, -0.1) is 11.3 Å². The summed E-state index contributed by atoms with van der Waals surface area (Å²) in [5.41, 5.74) is 3.41. The lowest BCUT2D eigenvalue weighted by atomic mass is 10.1. The van der Waals surface area contributed by atoms with Crippen LogP contribution in [0.3, 0.4) is 0 Å². The molecule has 0 aliphatic carbocycles.